The standard InChI is InChI=1S/C28H34O17/c1-40-13-4-9(2-3-11(13)31)25-26(20(35)17-12(32)5-10(30)6-14(17)42-25)45-28-24(39)22(37)19(34)16(44-28)8-41-27-23(38)21(36)18(33)15(7-29)43-27/h2-6,15-16,18-19,21-34,36-39H,7-8H2,1H3/t15-,16-,18-,19-,21+,22+,23-,24-,25-,26+,27-,28+/m0/s1. The minimum absolute atomic E-state index is 0.00440. The van der Waals surface area contributed by atoms with E-state index < -0.39 is 104 Å². The Kier molecular flexibility index (Phi) is 9.68. The van der Waals surface area contributed by atoms with Crippen LogP contribution in [-0.2, 0) is 18.9 Å². The normalized spacial score (nSPS) is 36.7. The highest BCUT2D eigenvalue weighted by Gasteiger charge is 2.50. The van der Waals surface area contributed by atoms with E-state index in [0.717, 1.165) is 12.1 Å². The molecule has 3 aliphatic heterocycles. The first-order chi connectivity index (χ1) is 21.4. The second kappa shape index (κ2) is 13.2. The van der Waals surface area contributed by atoms with Crippen LogP contribution in [0.2, 0.25) is 0 Å². The molecule has 0 radical (unpaired) electrons. The van der Waals surface area contributed by atoms with E-state index in [0.29, 0.717) is 0 Å². The first kappa shape index (κ1) is 33.0. The van der Waals surface area contributed by atoms with Crippen LogP contribution in [0.25, 0.3) is 0 Å². The maximum Gasteiger partial charge on any atom is 0.203 e. The van der Waals surface area contributed by atoms with Crippen LogP contribution >= 0.6 is 0 Å². The van der Waals surface area contributed by atoms with Gasteiger partial charge in [0, 0.05) is 12.1 Å². The maximum atomic E-state index is 13.7. The number of Topliss-reactive ketones (excluding diaryl/α,β-unsaturated/α-hetero) is 1. The molecule has 17 nitrogen and oxygen atoms in total. The number of benzene rings is 2. The van der Waals surface area contributed by atoms with Crippen molar-refractivity contribution in [3.8, 4) is 28.7 Å². The third-order valence-electron chi connectivity index (χ3n) is 7.85. The van der Waals surface area contributed by atoms with Crippen LogP contribution in [0.3, 0.4) is 0 Å². The summed E-state index contributed by atoms with van der Waals surface area (Å²) in [5, 5.41) is 102. The summed E-state index contributed by atoms with van der Waals surface area (Å²) >= 11 is 0. The Morgan fingerprint density at radius 3 is 2.09 bits per heavy atom. The second-order valence-corrected chi connectivity index (χ2v) is 10.8. The summed E-state index contributed by atoms with van der Waals surface area (Å²) in [7, 11) is 1.29. The summed E-state index contributed by atoms with van der Waals surface area (Å²) < 4.78 is 33.3. The van der Waals surface area contributed by atoms with Crippen molar-refractivity contribution in [3.63, 3.8) is 0 Å². The van der Waals surface area contributed by atoms with E-state index in [1.165, 1.54) is 25.3 Å². The molecule has 2 fully saturated rings. The number of methoxy groups -OCH3 is 1. The molecule has 3 aliphatic rings. The number of aromatic hydroxyl groups is 3. The molecule has 0 aliphatic carbocycles. The van der Waals surface area contributed by atoms with Crippen molar-refractivity contribution in [3.05, 3.63) is 41.5 Å². The summed E-state index contributed by atoms with van der Waals surface area (Å²) in [4.78, 5) is 13.7. The molecule has 10 N–H and O–H groups in total. The van der Waals surface area contributed by atoms with Crippen molar-refractivity contribution < 1.29 is 84.3 Å². The van der Waals surface area contributed by atoms with E-state index in [-0.39, 0.29) is 28.4 Å². The number of hydrogen-bond donors (Lipinski definition) is 10. The minimum Gasteiger partial charge on any atom is -0.508 e. The van der Waals surface area contributed by atoms with Crippen LogP contribution in [0.15, 0.2) is 30.3 Å². The van der Waals surface area contributed by atoms with Gasteiger partial charge in [-0.25, -0.2) is 0 Å². The first-order valence-electron chi connectivity index (χ1n) is 13.8. The predicted molar refractivity (Wildman–Crippen MR) is 143 cm³/mol. The third-order valence-corrected chi connectivity index (χ3v) is 7.85. The lowest BCUT2D eigenvalue weighted by Gasteiger charge is -2.44. The number of carbonyl (C=O) groups excluding carboxylic acids is 1. The molecule has 0 spiro atoms. The molecule has 0 saturated carbocycles. The van der Waals surface area contributed by atoms with Crippen LogP contribution in [0.5, 0.6) is 28.7 Å². The number of phenolic OH excluding ortho intramolecular Hbond substituents is 3. The van der Waals surface area contributed by atoms with Gasteiger partial charge in [-0.1, -0.05) is 6.07 Å². The van der Waals surface area contributed by atoms with Crippen molar-refractivity contribution in [2.45, 2.75) is 73.6 Å². The molecule has 2 aromatic carbocycles. The van der Waals surface area contributed by atoms with E-state index in [4.69, 9.17) is 28.4 Å². The molecule has 0 amide bonds. The predicted octanol–water partition coefficient (Wildman–Crippen LogP) is -2.86. The van der Waals surface area contributed by atoms with Crippen molar-refractivity contribution >= 4 is 5.78 Å². The molecule has 2 saturated heterocycles. The molecule has 0 unspecified atom stereocenters. The highest BCUT2D eigenvalue weighted by molar-refractivity contribution is 6.05. The smallest absolute Gasteiger partial charge is 0.203 e. The summed E-state index contributed by atoms with van der Waals surface area (Å²) in [5.74, 6) is -2.37. The van der Waals surface area contributed by atoms with Crippen LogP contribution < -0.4 is 9.47 Å². The number of aliphatic hydroxyl groups excluding tert-OH is 7. The Balaban J connectivity index is 1.40. The summed E-state index contributed by atoms with van der Waals surface area (Å²) in [6.45, 7) is -1.37. The zero-order chi connectivity index (χ0) is 32.7. The van der Waals surface area contributed by atoms with Crippen LogP contribution in [0.4, 0.5) is 0 Å². The number of hydrogen-bond acceptors (Lipinski definition) is 17. The zero-order valence-electron chi connectivity index (χ0n) is 23.6. The van der Waals surface area contributed by atoms with Gasteiger partial charge in [0.05, 0.1) is 20.3 Å². The van der Waals surface area contributed by atoms with Gasteiger partial charge in [0.2, 0.25) is 5.78 Å². The number of ether oxygens (including phenoxy) is 6. The topological polar surface area (TPSA) is 275 Å². The van der Waals surface area contributed by atoms with Crippen LogP contribution in [0.1, 0.15) is 22.0 Å². The lowest BCUT2D eigenvalue weighted by molar-refractivity contribution is -0.335. The average Bonchev–Trinajstić information content (AvgIpc) is 3.01. The highest BCUT2D eigenvalue weighted by atomic mass is 16.7. The molecular weight excluding hydrogens is 608 g/mol. The zero-order valence-corrected chi connectivity index (χ0v) is 23.6. The van der Waals surface area contributed by atoms with E-state index in [1.807, 2.05) is 0 Å². The van der Waals surface area contributed by atoms with Gasteiger partial charge >= 0.3 is 0 Å². The molecule has 0 bridgehead atoms. The summed E-state index contributed by atoms with van der Waals surface area (Å²) in [6.07, 6.45) is -20.1. The number of ketones is 1. The summed E-state index contributed by atoms with van der Waals surface area (Å²) in [6, 6.07) is 5.97. The van der Waals surface area contributed by atoms with Crippen LogP contribution in [-0.4, -0.2) is 145 Å². The quantitative estimate of drug-likeness (QED) is 0.139. The number of carbonyl (C=O) groups is 1. The van der Waals surface area contributed by atoms with E-state index in [1.54, 1.807) is 0 Å². The molecule has 3 heterocycles. The minimum atomic E-state index is -1.94. The molecule has 2 aromatic rings. The molecule has 17 heteroatoms. The first-order valence-corrected chi connectivity index (χ1v) is 13.8. The Morgan fingerprint density at radius 1 is 0.778 bits per heavy atom. The summed E-state index contributed by atoms with van der Waals surface area (Å²) in [5.41, 5.74) is -0.155. The van der Waals surface area contributed by atoms with Crippen molar-refractivity contribution in [2.24, 2.45) is 0 Å². The molecule has 0 aromatic heterocycles. The Morgan fingerprint density at radius 2 is 1.42 bits per heavy atom. The Hall–Kier alpha value is -3.33. The average molecular weight is 643 g/mol. The Bertz CT molecular complexity index is 1370. The number of aliphatic hydroxyl groups is 7. The monoisotopic (exact) mass is 642 g/mol. The van der Waals surface area contributed by atoms with Crippen molar-refractivity contribution in [1.29, 1.82) is 0 Å². The van der Waals surface area contributed by atoms with E-state index in [2.05, 4.69) is 0 Å². The molecule has 12 atom stereocenters. The molecule has 248 valence electrons. The SMILES string of the molecule is COc1cc([C@@H]2Oc3cc(O)cc(O)c3C(=O)[C@H]2O[C@H]2O[C@@H](CO[C@H]3O[C@@H](CO)[C@H](O)[C@@H](O)[C@@H]3O)[C@H](O)[C@@H](O)[C@@H]2O)ccc1O. The largest absolute Gasteiger partial charge is 0.508 e. The van der Waals surface area contributed by atoms with Gasteiger partial charge < -0.3 is 79.5 Å². The lowest BCUT2D eigenvalue weighted by Crippen LogP contribution is -2.62. The number of fused-ring (bicyclic) bond motifs is 1. The fraction of sp³-hybridized carbons (Fsp3) is 0.536. The van der Waals surface area contributed by atoms with Gasteiger partial charge in [-0.3, -0.25) is 4.79 Å². The second-order valence-electron chi connectivity index (χ2n) is 10.8. The van der Waals surface area contributed by atoms with Gasteiger partial charge in [-0.15, -0.1) is 0 Å². The third kappa shape index (κ3) is 6.25. The Labute approximate surface area is 254 Å². The van der Waals surface area contributed by atoms with Gasteiger partial charge in [-0.05, 0) is 17.7 Å². The molecular formula is C28H34O17. The van der Waals surface area contributed by atoms with E-state index in [9.17, 15) is 55.9 Å². The number of rotatable bonds is 8. The highest BCUT2D eigenvalue weighted by Crippen LogP contribution is 2.44. The van der Waals surface area contributed by atoms with Gasteiger partial charge in [0.25, 0.3) is 0 Å². The molecule has 5 rings (SSSR count). The van der Waals surface area contributed by atoms with Gasteiger partial charge in [0.15, 0.2) is 36.3 Å². The number of phenols is 3. The lowest BCUT2D eigenvalue weighted by atomic mass is 9.92. The fourth-order valence-corrected chi connectivity index (χ4v) is 5.36. The van der Waals surface area contributed by atoms with Crippen molar-refractivity contribution in [1.82, 2.24) is 0 Å². The van der Waals surface area contributed by atoms with E-state index >= 15 is 0 Å². The van der Waals surface area contributed by atoms with Gasteiger partial charge in [0.1, 0.15) is 71.6 Å². The van der Waals surface area contributed by atoms with Crippen LogP contribution in [0, 0.1) is 0 Å². The molecule has 45 heavy (non-hydrogen) atoms. The fourth-order valence-electron chi connectivity index (χ4n) is 5.36. The van der Waals surface area contributed by atoms with Gasteiger partial charge in [-0.2, -0.15) is 0 Å². The van der Waals surface area contributed by atoms with Crippen molar-refractivity contribution in [2.75, 3.05) is 20.3 Å². The maximum absolute atomic E-state index is 13.7.